The third-order valence-corrected chi connectivity index (χ3v) is 7.12. The van der Waals surface area contributed by atoms with Crippen LogP contribution in [0.3, 0.4) is 0 Å². The standard InChI is InChI=1S/C25H28N4O2S2/c1-24(2,3)15-25(4,5)18-13-19(30)22(20(21(18)31)16-11-12-32-14-16)33-23-26-27-28-29(23)17-9-7-6-8-10-17/h6-14,30-31H,15H2,1-5H3. The van der Waals surface area contributed by atoms with Crippen molar-refractivity contribution in [1.82, 2.24) is 20.2 Å². The fourth-order valence-corrected chi connectivity index (χ4v) is 6.04. The van der Waals surface area contributed by atoms with Crippen LogP contribution in [0.5, 0.6) is 11.5 Å². The number of thiophene rings is 1. The summed E-state index contributed by atoms with van der Waals surface area (Å²) in [6, 6.07) is 13.2. The van der Waals surface area contributed by atoms with Gasteiger partial charge in [-0.05, 0) is 80.0 Å². The van der Waals surface area contributed by atoms with E-state index in [1.807, 2.05) is 47.2 Å². The third kappa shape index (κ3) is 4.91. The molecule has 2 aromatic carbocycles. The fourth-order valence-electron chi connectivity index (χ4n) is 4.42. The topological polar surface area (TPSA) is 84.1 Å². The van der Waals surface area contributed by atoms with Crippen LogP contribution in [0.25, 0.3) is 16.8 Å². The zero-order valence-electron chi connectivity index (χ0n) is 19.4. The lowest BCUT2D eigenvalue weighted by Gasteiger charge is -2.34. The molecule has 4 aromatic rings. The molecule has 0 aliphatic rings. The number of phenols is 2. The molecule has 0 saturated heterocycles. The molecule has 0 fully saturated rings. The zero-order valence-corrected chi connectivity index (χ0v) is 21.0. The van der Waals surface area contributed by atoms with E-state index in [4.69, 9.17) is 0 Å². The van der Waals surface area contributed by atoms with E-state index in [0.717, 1.165) is 23.2 Å². The van der Waals surface area contributed by atoms with Crippen molar-refractivity contribution < 1.29 is 10.2 Å². The molecule has 0 radical (unpaired) electrons. The van der Waals surface area contributed by atoms with Crippen LogP contribution in [0.1, 0.15) is 46.6 Å². The van der Waals surface area contributed by atoms with Crippen molar-refractivity contribution in [2.24, 2.45) is 5.41 Å². The van der Waals surface area contributed by atoms with Gasteiger partial charge in [-0.2, -0.15) is 16.0 Å². The Balaban J connectivity index is 1.86. The van der Waals surface area contributed by atoms with Crippen LogP contribution in [0.15, 0.2) is 63.3 Å². The number of hydrogen-bond acceptors (Lipinski definition) is 7. The minimum Gasteiger partial charge on any atom is -0.507 e. The highest BCUT2D eigenvalue weighted by atomic mass is 32.2. The molecule has 172 valence electrons. The monoisotopic (exact) mass is 480 g/mol. The predicted octanol–water partition coefficient (Wildman–Crippen LogP) is 6.67. The molecule has 0 amide bonds. The minimum absolute atomic E-state index is 0.0549. The summed E-state index contributed by atoms with van der Waals surface area (Å²) in [7, 11) is 0. The summed E-state index contributed by atoms with van der Waals surface area (Å²) < 4.78 is 1.62. The quantitative estimate of drug-likeness (QED) is 0.300. The summed E-state index contributed by atoms with van der Waals surface area (Å²) in [5.74, 6) is 0.278. The number of aromatic nitrogens is 4. The number of hydrogen-bond donors (Lipinski definition) is 2. The second-order valence-corrected chi connectivity index (χ2v) is 11.7. The van der Waals surface area contributed by atoms with Gasteiger partial charge in [0.1, 0.15) is 11.5 Å². The van der Waals surface area contributed by atoms with Crippen molar-refractivity contribution in [3.8, 4) is 28.3 Å². The second-order valence-electron chi connectivity index (χ2n) is 9.94. The highest BCUT2D eigenvalue weighted by molar-refractivity contribution is 7.99. The lowest BCUT2D eigenvalue weighted by Crippen LogP contribution is -2.25. The smallest absolute Gasteiger partial charge is 0.219 e. The predicted molar refractivity (Wildman–Crippen MR) is 133 cm³/mol. The van der Waals surface area contributed by atoms with E-state index in [1.165, 1.54) is 11.8 Å². The Morgan fingerprint density at radius 2 is 1.76 bits per heavy atom. The molecule has 0 aliphatic heterocycles. The molecule has 4 rings (SSSR count). The first kappa shape index (κ1) is 23.3. The minimum atomic E-state index is -0.348. The van der Waals surface area contributed by atoms with Gasteiger partial charge in [0.15, 0.2) is 0 Å². The SMILES string of the molecule is CC(C)(C)CC(C)(C)c1cc(O)c(Sc2nnnn2-c2ccccc2)c(-c2ccsc2)c1O. The highest BCUT2D eigenvalue weighted by Crippen LogP contribution is 2.52. The van der Waals surface area contributed by atoms with E-state index in [1.54, 1.807) is 22.1 Å². The Morgan fingerprint density at radius 1 is 1.03 bits per heavy atom. The number of benzene rings is 2. The largest absolute Gasteiger partial charge is 0.507 e. The van der Waals surface area contributed by atoms with Gasteiger partial charge in [-0.3, -0.25) is 0 Å². The summed E-state index contributed by atoms with van der Waals surface area (Å²) in [5, 5.41) is 39.3. The Hall–Kier alpha value is -2.84. The van der Waals surface area contributed by atoms with Crippen LogP contribution in [0.4, 0.5) is 0 Å². The van der Waals surface area contributed by atoms with Gasteiger partial charge < -0.3 is 10.2 Å². The average molecular weight is 481 g/mol. The van der Waals surface area contributed by atoms with Crippen LogP contribution < -0.4 is 0 Å². The van der Waals surface area contributed by atoms with Gasteiger partial charge in [0, 0.05) is 11.1 Å². The van der Waals surface area contributed by atoms with Gasteiger partial charge in [-0.15, -0.1) is 5.10 Å². The Labute approximate surface area is 202 Å². The van der Waals surface area contributed by atoms with Crippen molar-refractivity contribution in [3.63, 3.8) is 0 Å². The molecule has 33 heavy (non-hydrogen) atoms. The fraction of sp³-hybridized carbons (Fsp3) is 0.320. The molecule has 2 aromatic heterocycles. The number of aromatic hydroxyl groups is 2. The van der Waals surface area contributed by atoms with Crippen LogP contribution in [0, 0.1) is 5.41 Å². The Bertz CT molecular complexity index is 1240. The van der Waals surface area contributed by atoms with Gasteiger partial charge in [-0.25, -0.2) is 0 Å². The molecule has 2 N–H and O–H groups in total. The molecule has 0 saturated carbocycles. The number of phenolic OH excluding ortho intramolecular Hbond substituents is 2. The summed E-state index contributed by atoms with van der Waals surface area (Å²) in [6.45, 7) is 10.7. The Morgan fingerprint density at radius 3 is 2.39 bits per heavy atom. The van der Waals surface area contributed by atoms with Gasteiger partial charge in [0.05, 0.1) is 10.6 Å². The maximum atomic E-state index is 11.5. The molecule has 0 unspecified atom stereocenters. The van der Waals surface area contributed by atoms with Crippen LogP contribution >= 0.6 is 23.1 Å². The first-order chi connectivity index (χ1) is 15.6. The van der Waals surface area contributed by atoms with Gasteiger partial charge in [0.2, 0.25) is 5.16 Å². The number of rotatable bonds is 6. The van der Waals surface area contributed by atoms with E-state index in [0.29, 0.717) is 15.6 Å². The van der Waals surface area contributed by atoms with E-state index in [-0.39, 0.29) is 22.3 Å². The van der Waals surface area contributed by atoms with Gasteiger partial charge in [0.25, 0.3) is 0 Å². The van der Waals surface area contributed by atoms with E-state index in [2.05, 4.69) is 50.1 Å². The summed E-state index contributed by atoms with van der Waals surface area (Å²) in [6.07, 6.45) is 0.842. The summed E-state index contributed by atoms with van der Waals surface area (Å²) >= 11 is 2.78. The van der Waals surface area contributed by atoms with Crippen molar-refractivity contribution in [2.45, 2.75) is 56.5 Å². The maximum Gasteiger partial charge on any atom is 0.219 e. The first-order valence-corrected chi connectivity index (χ1v) is 12.5. The molecule has 0 spiro atoms. The highest BCUT2D eigenvalue weighted by Gasteiger charge is 2.33. The lowest BCUT2D eigenvalue weighted by molar-refractivity contribution is 0.277. The molecular formula is C25H28N4O2S2. The van der Waals surface area contributed by atoms with Crippen molar-refractivity contribution >= 4 is 23.1 Å². The first-order valence-electron chi connectivity index (χ1n) is 10.7. The number of nitrogens with zero attached hydrogens (tertiary/aromatic N) is 4. The Kier molecular flexibility index (Phi) is 6.24. The van der Waals surface area contributed by atoms with Crippen LogP contribution in [-0.4, -0.2) is 30.4 Å². The number of tetrazole rings is 1. The van der Waals surface area contributed by atoms with Gasteiger partial charge >= 0.3 is 0 Å². The molecule has 2 heterocycles. The van der Waals surface area contributed by atoms with Crippen molar-refractivity contribution in [2.75, 3.05) is 0 Å². The van der Waals surface area contributed by atoms with Crippen LogP contribution in [-0.2, 0) is 5.41 Å². The van der Waals surface area contributed by atoms with Gasteiger partial charge in [-0.1, -0.05) is 52.8 Å². The third-order valence-electron chi connectivity index (χ3n) is 5.38. The molecular weight excluding hydrogens is 452 g/mol. The molecule has 0 bridgehead atoms. The maximum absolute atomic E-state index is 11.5. The summed E-state index contributed by atoms with van der Waals surface area (Å²) in [4.78, 5) is 0.521. The summed E-state index contributed by atoms with van der Waals surface area (Å²) in [5.41, 5.74) is 2.69. The molecule has 6 nitrogen and oxygen atoms in total. The average Bonchev–Trinajstić information content (AvgIpc) is 3.41. The number of para-hydroxylation sites is 1. The molecule has 0 aliphatic carbocycles. The molecule has 8 heteroatoms. The van der Waals surface area contributed by atoms with E-state index < -0.39 is 0 Å². The zero-order chi connectivity index (χ0) is 23.8. The normalized spacial score (nSPS) is 12.3. The van der Waals surface area contributed by atoms with Crippen molar-refractivity contribution in [3.05, 3.63) is 58.8 Å². The molecule has 0 atom stereocenters. The van der Waals surface area contributed by atoms with E-state index >= 15 is 0 Å². The second kappa shape index (κ2) is 8.83. The van der Waals surface area contributed by atoms with E-state index in [9.17, 15) is 10.2 Å². The van der Waals surface area contributed by atoms with Crippen LogP contribution in [0.2, 0.25) is 0 Å². The lowest BCUT2D eigenvalue weighted by atomic mass is 9.71. The van der Waals surface area contributed by atoms with Crippen molar-refractivity contribution in [1.29, 1.82) is 0 Å².